The highest BCUT2D eigenvalue weighted by Crippen LogP contribution is 2.30. The topological polar surface area (TPSA) is 127 Å². The Hall–Kier alpha value is -3.18. The van der Waals surface area contributed by atoms with E-state index in [1.54, 1.807) is 24.3 Å². The fourth-order valence-electron chi connectivity index (χ4n) is 3.48. The van der Waals surface area contributed by atoms with Crippen LogP contribution in [0.2, 0.25) is 0 Å². The van der Waals surface area contributed by atoms with E-state index in [2.05, 4.69) is 15.8 Å². The molecule has 0 atom stereocenters. The van der Waals surface area contributed by atoms with Gasteiger partial charge in [-0.1, -0.05) is 0 Å². The minimum Gasteiger partial charge on any atom is -0.486 e. The SMILES string of the molecule is O=C(NNC(=O)C1CCN(S(=O)(=O)c2cccnc2)CC1)c1ccc2c(c1)OCCO2. The zero-order chi connectivity index (χ0) is 21.8. The maximum absolute atomic E-state index is 12.6. The Morgan fingerprint density at radius 3 is 2.48 bits per heavy atom. The lowest BCUT2D eigenvalue weighted by atomic mass is 9.98. The Balaban J connectivity index is 1.29. The Labute approximate surface area is 179 Å². The van der Waals surface area contributed by atoms with Gasteiger partial charge in [-0.15, -0.1) is 0 Å². The first-order valence-electron chi connectivity index (χ1n) is 9.85. The highest BCUT2D eigenvalue weighted by molar-refractivity contribution is 7.89. The molecule has 2 aliphatic heterocycles. The van der Waals surface area contributed by atoms with E-state index in [1.807, 2.05) is 0 Å². The van der Waals surface area contributed by atoms with Crippen LogP contribution in [0.5, 0.6) is 11.5 Å². The van der Waals surface area contributed by atoms with Crippen molar-refractivity contribution in [2.24, 2.45) is 5.92 Å². The number of carbonyl (C=O) groups is 2. The third kappa shape index (κ3) is 4.62. The molecule has 4 rings (SSSR count). The molecule has 2 amide bonds. The quantitative estimate of drug-likeness (QED) is 0.663. The van der Waals surface area contributed by atoms with Gasteiger partial charge in [0, 0.05) is 37.0 Å². The van der Waals surface area contributed by atoms with E-state index in [0.717, 1.165) is 0 Å². The van der Waals surface area contributed by atoms with E-state index >= 15 is 0 Å². The fourth-order valence-corrected chi connectivity index (χ4v) is 4.92. The molecule has 0 spiro atoms. The van der Waals surface area contributed by atoms with Crippen LogP contribution in [-0.4, -0.2) is 55.8 Å². The molecule has 0 radical (unpaired) electrons. The molecule has 1 aromatic carbocycles. The number of pyridine rings is 1. The third-order valence-corrected chi connectivity index (χ3v) is 7.08. The molecule has 0 unspecified atom stereocenters. The number of hydrogen-bond acceptors (Lipinski definition) is 7. The van der Waals surface area contributed by atoms with Crippen LogP contribution in [0.15, 0.2) is 47.6 Å². The molecule has 3 heterocycles. The highest BCUT2D eigenvalue weighted by Gasteiger charge is 2.32. The van der Waals surface area contributed by atoms with Gasteiger partial charge in [0.15, 0.2) is 11.5 Å². The van der Waals surface area contributed by atoms with Crippen molar-refractivity contribution in [1.29, 1.82) is 0 Å². The van der Waals surface area contributed by atoms with Crippen molar-refractivity contribution in [2.45, 2.75) is 17.7 Å². The van der Waals surface area contributed by atoms with Crippen LogP contribution in [0, 0.1) is 5.92 Å². The normalized spacial score (nSPS) is 17.0. The van der Waals surface area contributed by atoms with E-state index in [1.165, 1.54) is 22.8 Å². The summed E-state index contributed by atoms with van der Waals surface area (Å²) in [4.78, 5) is 28.8. The molecule has 0 bridgehead atoms. The van der Waals surface area contributed by atoms with Crippen LogP contribution in [0.25, 0.3) is 0 Å². The van der Waals surface area contributed by atoms with E-state index < -0.39 is 21.8 Å². The van der Waals surface area contributed by atoms with Crippen molar-refractivity contribution >= 4 is 21.8 Å². The molecule has 31 heavy (non-hydrogen) atoms. The number of carbonyl (C=O) groups excluding carboxylic acids is 2. The first-order chi connectivity index (χ1) is 14.9. The van der Waals surface area contributed by atoms with E-state index in [4.69, 9.17) is 9.47 Å². The average molecular weight is 446 g/mol. The summed E-state index contributed by atoms with van der Waals surface area (Å²) < 4.78 is 37.5. The summed E-state index contributed by atoms with van der Waals surface area (Å²) in [6.07, 6.45) is 3.52. The summed E-state index contributed by atoms with van der Waals surface area (Å²) in [6, 6.07) is 7.84. The summed E-state index contributed by atoms with van der Waals surface area (Å²) in [5, 5.41) is 0. The van der Waals surface area contributed by atoms with Crippen molar-refractivity contribution < 1.29 is 27.5 Å². The number of amides is 2. The van der Waals surface area contributed by atoms with Gasteiger partial charge in [0.05, 0.1) is 0 Å². The first kappa shape index (κ1) is 21.1. The van der Waals surface area contributed by atoms with Gasteiger partial charge in [0.1, 0.15) is 18.1 Å². The minimum atomic E-state index is -3.63. The van der Waals surface area contributed by atoms with Crippen LogP contribution in [0.1, 0.15) is 23.2 Å². The van der Waals surface area contributed by atoms with Crippen LogP contribution < -0.4 is 20.3 Å². The van der Waals surface area contributed by atoms with Gasteiger partial charge in [0.25, 0.3) is 5.91 Å². The summed E-state index contributed by atoms with van der Waals surface area (Å²) in [5.41, 5.74) is 5.14. The highest BCUT2D eigenvalue weighted by atomic mass is 32.2. The van der Waals surface area contributed by atoms with Crippen molar-refractivity contribution in [3.05, 3.63) is 48.3 Å². The maximum atomic E-state index is 12.6. The van der Waals surface area contributed by atoms with Crippen LogP contribution in [0.3, 0.4) is 0 Å². The summed E-state index contributed by atoms with van der Waals surface area (Å²) in [5.74, 6) is -0.195. The van der Waals surface area contributed by atoms with Gasteiger partial charge in [0.2, 0.25) is 15.9 Å². The number of fused-ring (bicyclic) bond motifs is 1. The second-order valence-electron chi connectivity index (χ2n) is 7.17. The summed E-state index contributed by atoms with van der Waals surface area (Å²) in [6.45, 7) is 1.29. The third-order valence-electron chi connectivity index (χ3n) is 5.20. The molecule has 1 aromatic heterocycles. The van der Waals surface area contributed by atoms with Gasteiger partial charge in [-0.05, 0) is 43.2 Å². The summed E-state index contributed by atoms with van der Waals surface area (Å²) in [7, 11) is -3.63. The number of ether oxygens (including phenoxy) is 2. The van der Waals surface area contributed by atoms with Crippen LogP contribution in [-0.2, 0) is 14.8 Å². The first-order valence-corrected chi connectivity index (χ1v) is 11.3. The van der Waals surface area contributed by atoms with Crippen molar-refractivity contribution in [2.75, 3.05) is 26.3 Å². The lowest BCUT2D eigenvalue weighted by Gasteiger charge is -2.30. The predicted molar refractivity (Wildman–Crippen MR) is 109 cm³/mol. The van der Waals surface area contributed by atoms with Gasteiger partial charge in [-0.25, -0.2) is 8.42 Å². The monoisotopic (exact) mass is 446 g/mol. The second kappa shape index (κ2) is 8.90. The molecule has 1 fully saturated rings. The Morgan fingerprint density at radius 1 is 1.03 bits per heavy atom. The van der Waals surface area contributed by atoms with Crippen LogP contribution >= 0.6 is 0 Å². The lowest BCUT2D eigenvalue weighted by molar-refractivity contribution is -0.126. The molecular formula is C20H22N4O6S. The van der Waals surface area contributed by atoms with E-state index in [-0.39, 0.29) is 23.9 Å². The van der Waals surface area contributed by atoms with Crippen molar-refractivity contribution in [1.82, 2.24) is 20.1 Å². The maximum Gasteiger partial charge on any atom is 0.269 e. The van der Waals surface area contributed by atoms with Crippen LogP contribution in [0.4, 0.5) is 0 Å². The Morgan fingerprint density at radius 2 is 1.77 bits per heavy atom. The Kier molecular flexibility index (Phi) is 6.05. The van der Waals surface area contributed by atoms with E-state index in [0.29, 0.717) is 43.1 Å². The molecule has 2 N–H and O–H groups in total. The number of nitrogens with zero attached hydrogens (tertiary/aromatic N) is 2. The van der Waals surface area contributed by atoms with Crippen molar-refractivity contribution in [3.8, 4) is 11.5 Å². The number of benzene rings is 1. The number of piperidine rings is 1. The molecular weight excluding hydrogens is 424 g/mol. The zero-order valence-electron chi connectivity index (χ0n) is 16.6. The molecule has 164 valence electrons. The minimum absolute atomic E-state index is 0.129. The van der Waals surface area contributed by atoms with Crippen molar-refractivity contribution in [3.63, 3.8) is 0 Å². The molecule has 1 saturated heterocycles. The largest absolute Gasteiger partial charge is 0.486 e. The number of aromatic nitrogens is 1. The number of rotatable bonds is 4. The number of nitrogens with one attached hydrogen (secondary N) is 2. The summed E-state index contributed by atoms with van der Waals surface area (Å²) >= 11 is 0. The molecule has 10 nitrogen and oxygen atoms in total. The lowest BCUT2D eigenvalue weighted by Crippen LogP contribution is -2.48. The Bertz CT molecular complexity index is 1070. The number of hydrogen-bond donors (Lipinski definition) is 2. The van der Waals surface area contributed by atoms with E-state index in [9.17, 15) is 18.0 Å². The molecule has 2 aliphatic rings. The molecule has 11 heteroatoms. The second-order valence-corrected chi connectivity index (χ2v) is 9.11. The zero-order valence-corrected chi connectivity index (χ0v) is 17.4. The molecule has 0 aliphatic carbocycles. The number of sulfonamides is 1. The number of hydrazine groups is 1. The molecule has 0 saturated carbocycles. The van der Waals surface area contributed by atoms with Gasteiger partial charge in [-0.3, -0.25) is 25.4 Å². The molecule has 2 aromatic rings. The predicted octanol–water partition coefficient (Wildman–Crippen LogP) is 0.715. The standard InChI is InChI=1S/C20H22N4O6S/c25-19(22-23-20(26)15-3-4-17-18(12-15)30-11-10-29-17)14-5-8-24(9-6-14)31(27,28)16-2-1-7-21-13-16/h1-4,7,12-14H,5-6,8-11H2,(H,22,25)(H,23,26). The fraction of sp³-hybridized carbons (Fsp3) is 0.350. The average Bonchev–Trinajstić information content (AvgIpc) is 2.82. The smallest absolute Gasteiger partial charge is 0.269 e. The van der Waals surface area contributed by atoms with Gasteiger partial charge < -0.3 is 9.47 Å². The van der Waals surface area contributed by atoms with Gasteiger partial charge in [-0.2, -0.15) is 4.31 Å². The van der Waals surface area contributed by atoms with Gasteiger partial charge >= 0.3 is 0 Å².